The van der Waals surface area contributed by atoms with Crippen LogP contribution < -0.4 is 9.80 Å². The van der Waals surface area contributed by atoms with Gasteiger partial charge in [-0.2, -0.15) is 4.37 Å². The van der Waals surface area contributed by atoms with E-state index in [1.807, 2.05) is 18.2 Å². The first-order valence-electron chi connectivity index (χ1n) is 10.6. The predicted octanol–water partition coefficient (Wildman–Crippen LogP) is 3.44. The molecule has 1 amide bonds. The van der Waals surface area contributed by atoms with Crippen molar-refractivity contribution in [2.45, 2.75) is 25.9 Å². The number of carbonyl (C=O) groups is 2. The summed E-state index contributed by atoms with van der Waals surface area (Å²) in [6.45, 7) is 5.66. The van der Waals surface area contributed by atoms with E-state index in [1.165, 1.54) is 15.0 Å². The summed E-state index contributed by atoms with van der Waals surface area (Å²) in [5, 5.41) is 10.7. The minimum Gasteiger partial charge on any atom is -0.480 e. The summed E-state index contributed by atoms with van der Waals surface area (Å²) in [6, 6.07) is 13.4. The van der Waals surface area contributed by atoms with Crippen LogP contribution in [0.5, 0.6) is 0 Å². The van der Waals surface area contributed by atoms with Crippen LogP contribution >= 0.6 is 11.5 Å². The molecule has 2 aromatic carbocycles. The number of aliphatic carboxylic acids is 1. The van der Waals surface area contributed by atoms with E-state index in [-0.39, 0.29) is 5.91 Å². The van der Waals surface area contributed by atoms with Gasteiger partial charge in [-0.15, -0.1) is 0 Å². The number of amides is 1. The lowest BCUT2D eigenvalue weighted by Gasteiger charge is -2.36. The van der Waals surface area contributed by atoms with Crippen molar-refractivity contribution in [3.05, 3.63) is 53.6 Å². The van der Waals surface area contributed by atoms with Crippen LogP contribution in [-0.2, 0) is 11.3 Å². The molecule has 2 aliphatic rings. The van der Waals surface area contributed by atoms with E-state index >= 15 is 0 Å². The molecule has 1 fully saturated rings. The third kappa shape index (κ3) is 3.40. The van der Waals surface area contributed by atoms with Crippen LogP contribution in [0, 0.1) is 0 Å². The number of hydrogen-bond acceptors (Lipinski definition) is 6. The highest BCUT2D eigenvalue weighted by Gasteiger charge is 2.35. The summed E-state index contributed by atoms with van der Waals surface area (Å²) in [7, 11) is 0. The highest BCUT2D eigenvalue weighted by Crippen LogP contribution is 2.32. The molecule has 0 unspecified atom stereocenters. The Morgan fingerprint density at radius 3 is 2.61 bits per heavy atom. The van der Waals surface area contributed by atoms with E-state index in [4.69, 9.17) is 0 Å². The van der Waals surface area contributed by atoms with E-state index in [1.54, 1.807) is 18.5 Å². The minimum atomic E-state index is -0.949. The number of carboxylic acid groups (broad SMARTS) is 1. The largest absolute Gasteiger partial charge is 0.480 e. The predicted molar refractivity (Wildman–Crippen MR) is 122 cm³/mol. The Bertz CT molecular complexity index is 1150. The maximum absolute atomic E-state index is 12.7. The fourth-order valence-electron chi connectivity index (χ4n) is 4.58. The molecule has 7 nitrogen and oxygen atoms in total. The highest BCUT2D eigenvalue weighted by molar-refractivity contribution is 7.13. The van der Waals surface area contributed by atoms with E-state index in [0.717, 1.165) is 43.2 Å². The van der Waals surface area contributed by atoms with Crippen molar-refractivity contribution >= 4 is 45.0 Å². The minimum absolute atomic E-state index is 0.184. The van der Waals surface area contributed by atoms with Gasteiger partial charge in [0.25, 0.3) is 5.91 Å². The molecule has 31 heavy (non-hydrogen) atoms. The number of rotatable bonds is 5. The molecule has 0 spiro atoms. The summed E-state index contributed by atoms with van der Waals surface area (Å²) in [6.07, 6.45) is 0.398. The summed E-state index contributed by atoms with van der Waals surface area (Å²) in [5.74, 6) is -0.0692. The summed E-state index contributed by atoms with van der Waals surface area (Å²) < 4.78 is 5.89. The monoisotopic (exact) mass is 436 g/mol. The molecule has 8 heteroatoms. The second-order valence-corrected chi connectivity index (χ2v) is 8.82. The summed E-state index contributed by atoms with van der Waals surface area (Å²) >= 11 is 1.54. The fourth-order valence-corrected chi connectivity index (χ4v) is 5.38. The first-order valence-corrected chi connectivity index (χ1v) is 11.3. The molecular weight excluding hydrogens is 412 g/mol. The van der Waals surface area contributed by atoms with Crippen LogP contribution in [-0.4, -0.2) is 58.5 Å². The van der Waals surface area contributed by atoms with Gasteiger partial charge in [0.2, 0.25) is 0 Å². The lowest BCUT2D eigenvalue weighted by molar-refractivity contribution is -0.142. The number of anilines is 2. The maximum Gasteiger partial charge on any atom is 0.326 e. The zero-order valence-electron chi connectivity index (χ0n) is 17.3. The number of hydrogen-bond donors (Lipinski definition) is 1. The molecule has 160 valence electrons. The van der Waals surface area contributed by atoms with Gasteiger partial charge in [-0.3, -0.25) is 4.79 Å². The first kappa shape index (κ1) is 19.8. The van der Waals surface area contributed by atoms with Gasteiger partial charge in [-0.05, 0) is 53.8 Å². The molecular formula is C23H24N4O3S. The van der Waals surface area contributed by atoms with E-state index in [9.17, 15) is 14.7 Å². The molecule has 0 aliphatic carbocycles. The number of piperazine rings is 1. The Morgan fingerprint density at radius 2 is 1.87 bits per heavy atom. The Morgan fingerprint density at radius 1 is 1.13 bits per heavy atom. The van der Waals surface area contributed by atoms with Crippen molar-refractivity contribution in [1.29, 1.82) is 0 Å². The molecule has 3 aromatic rings. The van der Waals surface area contributed by atoms with Crippen molar-refractivity contribution in [2.24, 2.45) is 0 Å². The molecule has 1 atom stereocenters. The molecule has 0 saturated carbocycles. The van der Waals surface area contributed by atoms with Gasteiger partial charge in [-0.25, -0.2) is 4.79 Å². The van der Waals surface area contributed by atoms with Gasteiger partial charge in [0.15, 0.2) is 0 Å². The van der Waals surface area contributed by atoms with Crippen LogP contribution in [0.1, 0.15) is 29.3 Å². The number of nitrogens with zero attached hydrogens (tertiary/aromatic N) is 4. The van der Waals surface area contributed by atoms with E-state index < -0.39 is 12.0 Å². The van der Waals surface area contributed by atoms with Crippen LogP contribution in [0.2, 0.25) is 0 Å². The lowest BCUT2D eigenvalue weighted by atomic mass is 10.1. The van der Waals surface area contributed by atoms with E-state index in [2.05, 4.69) is 38.4 Å². The number of aromatic nitrogens is 1. The molecule has 1 aromatic heterocycles. The summed E-state index contributed by atoms with van der Waals surface area (Å²) in [4.78, 5) is 30.4. The summed E-state index contributed by atoms with van der Waals surface area (Å²) in [5.41, 5.74) is 2.62. The SMILES string of the molecule is CC[C@@H](C(=O)O)N1Cc2cc(N3CCN(c4nsc5ccccc45)CC3)ccc2C1=O. The van der Waals surface area contributed by atoms with E-state index in [0.29, 0.717) is 18.5 Å². The van der Waals surface area contributed by atoms with Gasteiger partial charge in [0.05, 0.1) is 4.70 Å². The Hall–Kier alpha value is -3.13. The lowest BCUT2D eigenvalue weighted by Crippen LogP contribution is -2.46. The molecule has 3 heterocycles. The first-order chi connectivity index (χ1) is 15.1. The van der Waals surface area contributed by atoms with Crippen molar-refractivity contribution < 1.29 is 14.7 Å². The molecule has 1 saturated heterocycles. The second-order valence-electron chi connectivity index (χ2n) is 8.01. The topological polar surface area (TPSA) is 77.0 Å². The van der Waals surface area contributed by atoms with Crippen LogP contribution in [0.25, 0.3) is 10.1 Å². The standard InChI is InChI=1S/C23H24N4O3S/c1-2-19(23(29)30)27-14-15-13-16(7-8-17(15)22(27)28)25-9-11-26(12-10-25)21-18-5-3-4-6-20(18)31-24-21/h3-8,13,19H,2,9-12,14H2,1H3,(H,29,30)/t19-/m0/s1. The fraction of sp³-hybridized carbons (Fsp3) is 0.348. The van der Waals surface area contributed by atoms with Gasteiger partial charge in [-0.1, -0.05) is 19.1 Å². The molecule has 1 N–H and O–H groups in total. The maximum atomic E-state index is 12.7. The Balaban J connectivity index is 1.30. The quantitative estimate of drug-likeness (QED) is 0.660. The molecule has 5 rings (SSSR count). The second kappa shape index (κ2) is 7.85. The smallest absolute Gasteiger partial charge is 0.326 e. The Labute approximate surface area is 184 Å². The third-order valence-electron chi connectivity index (χ3n) is 6.27. The van der Waals surface area contributed by atoms with Crippen molar-refractivity contribution in [3.63, 3.8) is 0 Å². The Kier molecular flexibility index (Phi) is 5.02. The van der Waals surface area contributed by atoms with Crippen molar-refractivity contribution in [1.82, 2.24) is 9.27 Å². The molecule has 0 radical (unpaired) electrons. The van der Waals surface area contributed by atoms with Crippen molar-refractivity contribution in [2.75, 3.05) is 36.0 Å². The number of carbonyl (C=O) groups excluding carboxylic acids is 1. The van der Waals surface area contributed by atoms with Crippen LogP contribution in [0.4, 0.5) is 11.5 Å². The molecule has 2 aliphatic heterocycles. The number of fused-ring (bicyclic) bond motifs is 2. The zero-order chi connectivity index (χ0) is 21.5. The van der Waals surface area contributed by atoms with Gasteiger partial charge >= 0.3 is 5.97 Å². The zero-order valence-corrected chi connectivity index (χ0v) is 18.1. The van der Waals surface area contributed by atoms with Crippen molar-refractivity contribution in [3.8, 4) is 0 Å². The average Bonchev–Trinajstić information content (AvgIpc) is 3.36. The number of benzene rings is 2. The van der Waals surface area contributed by atoms with Gasteiger partial charge < -0.3 is 19.8 Å². The number of carboxylic acids is 1. The highest BCUT2D eigenvalue weighted by atomic mass is 32.1. The third-order valence-corrected chi connectivity index (χ3v) is 7.09. The normalized spacial score (nSPS) is 17.3. The van der Waals surface area contributed by atoms with Crippen LogP contribution in [0.15, 0.2) is 42.5 Å². The van der Waals surface area contributed by atoms with Crippen LogP contribution in [0.3, 0.4) is 0 Å². The molecule has 0 bridgehead atoms. The average molecular weight is 437 g/mol. The van der Waals surface area contributed by atoms with Gasteiger partial charge in [0, 0.05) is 49.4 Å². The van der Waals surface area contributed by atoms with Gasteiger partial charge in [0.1, 0.15) is 11.9 Å².